The highest BCUT2D eigenvalue weighted by Gasteiger charge is 2.30. The zero-order valence-electron chi connectivity index (χ0n) is 19.1. The molecule has 8 nitrogen and oxygen atoms in total. The van der Waals surface area contributed by atoms with E-state index in [4.69, 9.17) is 0 Å². The molecule has 3 amide bonds. The molecule has 2 aliphatic rings. The summed E-state index contributed by atoms with van der Waals surface area (Å²) in [7, 11) is 0. The van der Waals surface area contributed by atoms with Crippen molar-refractivity contribution < 1.29 is 9.59 Å². The molecule has 0 unspecified atom stereocenters. The lowest BCUT2D eigenvalue weighted by atomic mass is 10.1. The van der Waals surface area contributed by atoms with Crippen molar-refractivity contribution in [3.05, 3.63) is 60.9 Å². The topological polar surface area (TPSA) is 81.7 Å². The summed E-state index contributed by atoms with van der Waals surface area (Å²) in [6, 6.07) is 13.8. The number of carbonyl (C=O) groups is 2. The first-order valence-electron chi connectivity index (χ1n) is 11.7. The van der Waals surface area contributed by atoms with Gasteiger partial charge < -0.3 is 15.1 Å². The molecular weight excluding hydrogens is 428 g/mol. The molecule has 5 rings (SSSR count). The van der Waals surface area contributed by atoms with E-state index < -0.39 is 0 Å². The van der Waals surface area contributed by atoms with Gasteiger partial charge in [0.2, 0.25) is 5.91 Å². The first-order chi connectivity index (χ1) is 16.6. The molecule has 0 atom stereocenters. The number of urea groups is 1. The van der Waals surface area contributed by atoms with Gasteiger partial charge in [-0.05, 0) is 48.7 Å². The molecule has 3 heterocycles. The first kappa shape index (κ1) is 21.9. The van der Waals surface area contributed by atoms with Gasteiger partial charge in [-0.25, -0.2) is 14.8 Å². The summed E-state index contributed by atoms with van der Waals surface area (Å²) < 4.78 is 0. The van der Waals surface area contributed by atoms with Crippen molar-refractivity contribution in [2.24, 2.45) is 0 Å². The Bertz CT molecular complexity index is 1240. The van der Waals surface area contributed by atoms with Crippen LogP contribution >= 0.6 is 0 Å². The maximum atomic E-state index is 13.0. The lowest BCUT2D eigenvalue weighted by molar-refractivity contribution is -0.127. The van der Waals surface area contributed by atoms with Gasteiger partial charge in [0.25, 0.3) is 0 Å². The third-order valence-electron chi connectivity index (χ3n) is 6.44. The van der Waals surface area contributed by atoms with Gasteiger partial charge >= 0.3 is 6.03 Å². The van der Waals surface area contributed by atoms with E-state index in [0.717, 1.165) is 53.8 Å². The average molecular weight is 457 g/mol. The molecule has 2 fully saturated rings. The van der Waals surface area contributed by atoms with Gasteiger partial charge in [-0.1, -0.05) is 24.8 Å². The van der Waals surface area contributed by atoms with Gasteiger partial charge in [-0.2, -0.15) is 0 Å². The Morgan fingerprint density at radius 3 is 2.71 bits per heavy atom. The van der Waals surface area contributed by atoms with Gasteiger partial charge in [-0.3, -0.25) is 9.69 Å². The summed E-state index contributed by atoms with van der Waals surface area (Å²) in [5.74, 6) is 0.943. The second-order valence-electron chi connectivity index (χ2n) is 8.64. The van der Waals surface area contributed by atoms with Gasteiger partial charge in [0.1, 0.15) is 12.1 Å². The van der Waals surface area contributed by atoms with Gasteiger partial charge in [0.15, 0.2) is 0 Å². The van der Waals surface area contributed by atoms with E-state index in [0.29, 0.717) is 31.9 Å². The number of rotatable bonds is 8. The summed E-state index contributed by atoms with van der Waals surface area (Å²) in [6.07, 6.45) is 5.74. The van der Waals surface area contributed by atoms with Crippen molar-refractivity contribution in [3.63, 3.8) is 0 Å². The number of amides is 3. The third kappa shape index (κ3) is 4.44. The predicted octanol–water partition coefficient (Wildman–Crippen LogP) is 4.27. The van der Waals surface area contributed by atoms with Crippen LogP contribution in [0.5, 0.6) is 0 Å². The van der Waals surface area contributed by atoms with Crippen molar-refractivity contribution in [3.8, 4) is 0 Å². The maximum Gasteiger partial charge on any atom is 0.324 e. The van der Waals surface area contributed by atoms with Crippen LogP contribution in [-0.2, 0) is 4.79 Å². The lowest BCUT2D eigenvalue weighted by Gasteiger charge is -2.21. The molecule has 0 bridgehead atoms. The minimum Gasteiger partial charge on any atom is -0.343 e. The van der Waals surface area contributed by atoms with E-state index in [1.165, 1.54) is 6.33 Å². The minimum absolute atomic E-state index is 0.000688. The number of fused-ring (bicyclic) bond motifs is 1. The SMILES string of the molecule is C=Cc1cccc(Nc2ncnc3cc(N4CCN(CCCN5CCCC5=O)C4=O)ccc23)c1. The Morgan fingerprint density at radius 1 is 1.00 bits per heavy atom. The van der Waals surface area contributed by atoms with Gasteiger partial charge in [0, 0.05) is 55.9 Å². The molecule has 2 saturated heterocycles. The second-order valence-corrected chi connectivity index (χ2v) is 8.64. The number of benzene rings is 2. The number of hydrogen-bond acceptors (Lipinski definition) is 5. The molecule has 0 aliphatic carbocycles. The summed E-state index contributed by atoms with van der Waals surface area (Å²) in [5, 5.41) is 4.24. The average Bonchev–Trinajstić information content (AvgIpc) is 3.44. The summed E-state index contributed by atoms with van der Waals surface area (Å²) >= 11 is 0. The monoisotopic (exact) mass is 456 g/mol. The molecule has 0 saturated carbocycles. The van der Waals surface area contributed by atoms with Crippen LogP contribution in [0, 0.1) is 0 Å². The standard InChI is InChI=1S/C26H28N6O2/c1-2-19-6-3-7-20(16-19)29-25-22-10-9-21(17-23(22)27-18-28-25)32-15-14-31(26(32)34)13-5-12-30-11-4-8-24(30)33/h2-3,6-7,9-10,16-18H,1,4-5,8,11-15H2,(H,27,28,29). The molecule has 3 aromatic rings. The predicted molar refractivity (Wildman–Crippen MR) is 134 cm³/mol. The van der Waals surface area contributed by atoms with Crippen LogP contribution in [0.1, 0.15) is 24.8 Å². The number of anilines is 3. The summed E-state index contributed by atoms with van der Waals surface area (Å²) in [4.78, 5) is 39.2. The highest BCUT2D eigenvalue weighted by molar-refractivity contribution is 5.98. The highest BCUT2D eigenvalue weighted by Crippen LogP contribution is 2.29. The Kier molecular flexibility index (Phi) is 6.12. The fourth-order valence-corrected chi connectivity index (χ4v) is 4.62. The van der Waals surface area contributed by atoms with E-state index >= 15 is 0 Å². The zero-order valence-corrected chi connectivity index (χ0v) is 19.1. The number of nitrogens with zero attached hydrogens (tertiary/aromatic N) is 5. The van der Waals surface area contributed by atoms with Crippen LogP contribution in [0.4, 0.5) is 22.0 Å². The molecular formula is C26H28N6O2. The normalized spacial score (nSPS) is 16.1. The molecule has 0 radical (unpaired) electrons. The molecule has 0 spiro atoms. The van der Waals surface area contributed by atoms with Crippen molar-refractivity contribution in [1.29, 1.82) is 0 Å². The van der Waals surface area contributed by atoms with Gasteiger partial charge in [-0.15, -0.1) is 0 Å². The van der Waals surface area contributed by atoms with E-state index in [9.17, 15) is 9.59 Å². The Morgan fingerprint density at radius 2 is 1.88 bits per heavy atom. The fourth-order valence-electron chi connectivity index (χ4n) is 4.62. The highest BCUT2D eigenvalue weighted by atomic mass is 16.2. The Labute approximate surface area is 198 Å². The van der Waals surface area contributed by atoms with Gasteiger partial charge in [0.05, 0.1) is 5.52 Å². The second kappa shape index (κ2) is 9.51. The Hall–Kier alpha value is -3.94. The maximum absolute atomic E-state index is 13.0. The van der Waals surface area contributed by atoms with Crippen molar-refractivity contribution >= 4 is 46.1 Å². The van der Waals surface area contributed by atoms with Crippen LogP contribution in [-0.4, -0.2) is 64.4 Å². The molecule has 8 heteroatoms. The van der Waals surface area contributed by atoms with E-state index in [-0.39, 0.29) is 11.9 Å². The smallest absolute Gasteiger partial charge is 0.324 e. The quantitative estimate of drug-likeness (QED) is 0.547. The molecule has 174 valence electrons. The largest absolute Gasteiger partial charge is 0.343 e. The van der Waals surface area contributed by atoms with Crippen LogP contribution in [0.2, 0.25) is 0 Å². The number of carbonyl (C=O) groups excluding carboxylic acids is 2. The van der Waals surface area contributed by atoms with Crippen molar-refractivity contribution in [2.45, 2.75) is 19.3 Å². The third-order valence-corrected chi connectivity index (χ3v) is 6.44. The lowest BCUT2D eigenvalue weighted by Crippen LogP contribution is -2.34. The van der Waals surface area contributed by atoms with Crippen molar-refractivity contribution in [1.82, 2.24) is 19.8 Å². The minimum atomic E-state index is 0.000688. The molecule has 1 N–H and O–H groups in total. The number of hydrogen-bond donors (Lipinski definition) is 1. The zero-order chi connectivity index (χ0) is 23.5. The van der Waals surface area contributed by atoms with E-state index in [1.54, 1.807) is 11.0 Å². The fraction of sp³-hybridized carbons (Fsp3) is 0.308. The summed E-state index contributed by atoms with van der Waals surface area (Å²) in [6.45, 7) is 7.36. The van der Waals surface area contributed by atoms with Crippen LogP contribution < -0.4 is 10.2 Å². The van der Waals surface area contributed by atoms with Crippen molar-refractivity contribution in [2.75, 3.05) is 42.9 Å². The Balaban J connectivity index is 1.27. The van der Waals surface area contributed by atoms with Crippen LogP contribution in [0.15, 0.2) is 55.4 Å². The number of likely N-dealkylation sites (tertiary alicyclic amines) is 1. The molecule has 34 heavy (non-hydrogen) atoms. The number of nitrogens with one attached hydrogen (secondary N) is 1. The molecule has 2 aliphatic heterocycles. The molecule has 1 aromatic heterocycles. The van der Waals surface area contributed by atoms with E-state index in [1.807, 2.05) is 52.3 Å². The van der Waals surface area contributed by atoms with E-state index in [2.05, 4.69) is 21.9 Å². The summed E-state index contributed by atoms with van der Waals surface area (Å²) in [5.41, 5.74) is 3.54. The number of aromatic nitrogens is 2. The first-order valence-corrected chi connectivity index (χ1v) is 11.7. The van der Waals surface area contributed by atoms with Crippen LogP contribution in [0.3, 0.4) is 0 Å². The molecule has 2 aromatic carbocycles. The van der Waals surface area contributed by atoms with Crippen LogP contribution in [0.25, 0.3) is 17.0 Å².